The van der Waals surface area contributed by atoms with Crippen molar-refractivity contribution in [3.8, 4) is 23.5 Å². The fraction of sp³-hybridized carbons (Fsp3) is 0.208. The van der Waals surface area contributed by atoms with Gasteiger partial charge in [-0.05, 0) is 35.3 Å². The molecule has 6 heteroatoms. The van der Waals surface area contributed by atoms with E-state index in [0.29, 0.717) is 30.9 Å². The van der Waals surface area contributed by atoms with Gasteiger partial charge in [0.25, 0.3) is 0 Å². The summed E-state index contributed by atoms with van der Waals surface area (Å²) in [5, 5.41) is 13.8. The molecule has 0 aliphatic heterocycles. The number of carboxylic acids is 1. The third-order valence-corrected chi connectivity index (χ3v) is 4.69. The Morgan fingerprint density at radius 3 is 2.60 bits per heavy atom. The van der Waals surface area contributed by atoms with Gasteiger partial charge in [-0.1, -0.05) is 55.5 Å². The lowest BCUT2D eigenvalue weighted by Crippen LogP contribution is -2.25. The van der Waals surface area contributed by atoms with Gasteiger partial charge in [0.15, 0.2) is 5.82 Å². The molecule has 0 radical (unpaired) electrons. The number of allylic oxidation sites excluding steroid dienone is 1. The summed E-state index contributed by atoms with van der Waals surface area (Å²) in [7, 11) is 0. The van der Waals surface area contributed by atoms with E-state index in [-0.39, 0.29) is 11.3 Å². The van der Waals surface area contributed by atoms with Crippen molar-refractivity contribution < 1.29 is 9.90 Å². The molecule has 0 saturated carbocycles. The Labute approximate surface area is 175 Å². The van der Waals surface area contributed by atoms with Crippen LogP contribution in [-0.4, -0.2) is 25.4 Å². The molecular weight excluding hydrogens is 378 g/mol. The van der Waals surface area contributed by atoms with Gasteiger partial charge in [-0.2, -0.15) is 5.10 Å². The molecular formula is C24H23N3O3. The van der Waals surface area contributed by atoms with Gasteiger partial charge >= 0.3 is 11.7 Å². The summed E-state index contributed by atoms with van der Waals surface area (Å²) in [6.07, 6.45) is 10.4. The first-order chi connectivity index (χ1) is 14.5. The van der Waals surface area contributed by atoms with Crippen LogP contribution >= 0.6 is 0 Å². The molecule has 0 saturated heterocycles. The molecule has 0 amide bonds. The molecule has 30 heavy (non-hydrogen) atoms. The first-order valence-electron chi connectivity index (χ1n) is 9.74. The maximum Gasteiger partial charge on any atom is 0.346 e. The van der Waals surface area contributed by atoms with Crippen LogP contribution in [0.2, 0.25) is 0 Å². The Balaban J connectivity index is 1.91. The van der Waals surface area contributed by atoms with Crippen LogP contribution < -0.4 is 5.69 Å². The number of nitrogens with zero attached hydrogens (tertiary/aromatic N) is 3. The third-order valence-electron chi connectivity index (χ3n) is 4.69. The fourth-order valence-electron chi connectivity index (χ4n) is 3.16. The SMILES string of the molecule is C#CCCn1nc(C=CCC)n(Cc2ccc(-c3ccccc3C(=O)O)cc2)c1=O. The highest BCUT2D eigenvalue weighted by Crippen LogP contribution is 2.24. The smallest absolute Gasteiger partial charge is 0.346 e. The molecule has 3 aromatic rings. The monoisotopic (exact) mass is 401 g/mol. The van der Waals surface area contributed by atoms with E-state index in [9.17, 15) is 14.7 Å². The van der Waals surface area contributed by atoms with Gasteiger partial charge in [-0.15, -0.1) is 12.3 Å². The van der Waals surface area contributed by atoms with Crippen LogP contribution in [0.3, 0.4) is 0 Å². The highest BCUT2D eigenvalue weighted by molar-refractivity contribution is 5.95. The molecule has 0 aliphatic rings. The number of aromatic nitrogens is 3. The van der Waals surface area contributed by atoms with Crippen molar-refractivity contribution in [2.75, 3.05) is 0 Å². The predicted molar refractivity (Wildman–Crippen MR) is 117 cm³/mol. The second-order valence-corrected chi connectivity index (χ2v) is 6.76. The summed E-state index contributed by atoms with van der Waals surface area (Å²) in [5.74, 6) is 2.15. The Hall–Kier alpha value is -3.85. The van der Waals surface area contributed by atoms with Crippen LogP contribution in [0.15, 0.2) is 59.4 Å². The van der Waals surface area contributed by atoms with Crippen LogP contribution in [0.25, 0.3) is 17.2 Å². The van der Waals surface area contributed by atoms with Gasteiger partial charge in [0, 0.05) is 6.42 Å². The summed E-state index contributed by atoms with van der Waals surface area (Å²) in [5.41, 5.74) is 2.42. The van der Waals surface area contributed by atoms with Crippen LogP contribution in [0, 0.1) is 12.3 Å². The average molecular weight is 401 g/mol. The van der Waals surface area contributed by atoms with E-state index >= 15 is 0 Å². The van der Waals surface area contributed by atoms with Crippen molar-refractivity contribution in [1.82, 2.24) is 14.3 Å². The van der Waals surface area contributed by atoms with Crippen molar-refractivity contribution in [3.05, 3.63) is 82.0 Å². The minimum Gasteiger partial charge on any atom is -0.478 e. The first kappa shape index (κ1) is 20.9. The summed E-state index contributed by atoms with van der Waals surface area (Å²) in [6, 6.07) is 14.4. The van der Waals surface area contributed by atoms with E-state index in [1.165, 1.54) is 4.68 Å². The summed E-state index contributed by atoms with van der Waals surface area (Å²) < 4.78 is 3.01. The van der Waals surface area contributed by atoms with Crippen molar-refractivity contribution in [3.63, 3.8) is 0 Å². The van der Waals surface area contributed by atoms with Gasteiger partial charge in [0.2, 0.25) is 0 Å². The number of terminal acetylenes is 1. The van der Waals surface area contributed by atoms with E-state index in [1.54, 1.807) is 22.8 Å². The second-order valence-electron chi connectivity index (χ2n) is 6.76. The van der Waals surface area contributed by atoms with Gasteiger partial charge in [0.05, 0.1) is 18.7 Å². The van der Waals surface area contributed by atoms with Gasteiger partial charge in [-0.3, -0.25) is 4.57 Å². The minimum absolute atomic E-state index is 0.207. The molecule has 1 aromatic heterocycles. The van der Waals surface area contributed by atoms with Gasteiger partial charge < -0.3 is 5.11 Å². The molecule has 0 bridgehead atoms. The minimum atomic E-state index is -0.965. The summed E-state index contributed by atoms with van der Waals surface area (Å²) in [4.78, 5) is 24.2. The molecule has 1 heterocycles. The van der Waals surface area contributed by atoms with Crippen molar-refractivity contribution >= 4 is 12.0 Å². The molecule has 0 unspecified atom stereocenters. The largest absolute Gasteiger partial charge is 0.478 e. The van der Waals surface area contributed by atoms with Crippen LogP contribution in [-0.2, 0) is 13.1 Å². The van der Waals surface area contributed by atoms with E-state index in [2.05, 4.69) is 11.0 Å². The lowest BCUT2D eigenvalue weighted by atomic mass is 9.99. The average Bonchev–Trinajstić information content (AvgIpc) is 3.05. The number of carbonyl (C=O) groups is 1. The van der Waals surface area contributed by atoms with Gasteiger partial charge in [0.1, 0.15) is 0 Å². The van der Waals surface area contributed by atoms with Crippen LogP contribution in [0.4, 0.5) is 0 Å². The normalized spacial score (nSPS) is 10.9. The van der Waals surface area contributed by atoms with E-state index in [4.69, 9.17) is 6.42 Å². The summed E-state index contributed by atoms with van der Waals surface area (Å²) in [6.45, 7) is 2.75. The molecule has 0 aliphatic carbocycles. The summed E-state index contributed by atoms with van der Waals surface area (Å²) >= 11 is 0. The number of hydrogen-bond donors (Lipinski definition) is 1. The quantitative estimate of drug-likeness (QED) is 0.581. The Morgan fingerprint density at radius 2 is 1.93 bits per heavy atom. The highest BCUT2D eigenvalue weighted by Gasteiger charge is 2.13. The zero-order chi connectivity index (χ0) is 21.5. The molecule has 0 atom stereocenters. The van der Waals surface area contributed by atoms with Crippen LogP contribution in [0.5, 0.6) is 0 Å². The van der Waals surface area contributed by atoms with E-state index in [0.717, 1.165) is 17.5 Å². The standard InChI is InChI=1S/C24H23N3O3/c1-3-5-11-22-25-27(16-6-4-2)24(30)26(22)17-18-12-14-19(15-13-18)20-9-7-8-10-21(20)23(28)29/h2,5,7-15H,3,6,16-17H2,1H3,(H,28,29). The number of rotatable bonds is 8. The van der Waals surface area contributed by atoms with Crippen molar-refractivity contribution in [1.29, 1.82) is 0 Å². The molecule has 0 spiro atoms. The lowest BCUT2D eigenvalue weighted by molar-refractivity contribution is 0.0697. The second kappa shape index (κ2) is 9.57. The maximum atomic E-state index is 12.8. The molecule has 2 aromatic carbocycles. The van der Waals surface area contributed by atoms with E-state index in [1.807, 2.05) is 49.4 Å². The number of hydrogen-bond acceptors (Lipinski definition) is 3. The Bertz CT molecular complexity index is 1160. The number of benzene rings is 2. The zero-order valence-corrected chi connectivity index (χ0v) is 16.8. The molecule has 6 nitrogen and oxygen atoms in total. The maximum absolute atomic E-state index is 12.8. The third kappa shape index (κ3) is 4.58. The van der Waals surface area contributed by atoms with E-state index < -0.39 is 5.97 Å². The predicted octanol–water partition coefficient (Wildman–Crippen LogP) is 3.90. The fourth-order valence-corrected chi connectivity index (χ4v) is 3.16. The number of aryl methyl sites for hydroxylation is 1. The molecule has 0 fully saturated rings. The number of aromatic carboxylic acids is 1. The Morgan fingerprint density at radius 1 is 1.20 bits per heavy atom. The topological polar surface area (TPSA) is 77.1 Å². The lowest BCUT2D eigenvalue weighted by Gasteiger charge is -2.08. The number of carboxylic acid groups (broad SMARTS) is 1. The Kier molecular flexibility index (Phi) is 6.66. The first-order valence-corrected chi connectivity index (χ1v) is 9.74. The molecule has 3 rings (SSSR count). The molecule has 1 N–H and O–H groups in total. The van der Waals surface area contributed by atoms with Crippen molar-refractivity contribution in [2.24, 2.45) is 0 Å². The van der Waals surface area contributed by atoms with Crippen LogP contribution in [0.1, 0.15) is 41.5 Å². The van der Waals surface area contributed by atoms with Gasteiger partial charge in [-0.25, -0.2) is 14.3 Å². The zero-order valence-electron chi connectivity index (χ0n) is 16.8. The van der Waals surface area contributed by atoms with Crippen molar-refractivity contribution in [2.45, 2.75) is 32.9 Å². The highest BCUT2D eigenvalue weighted by atomic mass is 16.4. The molecule has 152 valence electrons.